The summed E-state index contributed by atoms with van der Waals surface area (Å²) in [5.74, 6) is 0.555. The molecule has 30 heavy (non-hydrogen) atoms. The molecular formula is C21H22BrN5O2S. The van der Waals surface area contributed by atoms with Gasteiger partial charge in [-0.05, 0) is 53.5 Å². The molecule has 0 radical (unpaired) electrons. The van der Waals surface area contributed by atoms with Crippen molar-refractivity contribution in [3.8, 4) is 0 Å². The maximum atomic E-state index is 12.4. The molecule has 3 aromatic rings. The summed E-state index contributed by atoms with van der Waals surface area (Å²) in [5, 5.41) is 14.8. The summed E-state index contributed by atoms with van der Waals surface area (Å²) < 4.78 is 2.63. The first-order valence-corrected chi connectivity index (χ1v) is 11.2. The molecule has 3 rings (SSSR count). The van der Waals surface area contributed by atoms with Crippen LogP contribution in [0.1, 0.15) is 28.7 Å². The first-order chi connectivity index (χ1) is 14.5. The van der Waals surface area contributed by atoms with E-state index in [2.05, 4.69) is 36.8 Å². The van der Waals surface area contributed by atoms with Crippen LogP contribution in [-0.2, 0) is 17.9 Å². The third-order valence-corrected chi connectivity index (χ3v) is 6.05. The van der Waals surface area contributed by atoms with Crippen LogP contribution in [0, 0.1) is 6.92 Å². The number of hydrogen-bond acceptors (Lipinski definition) is 5. The molecule has 0 fully saturated rings. The molecule has 2 N–H and O–H groups in total. The van der Waals surface area contributed by atoms with E-state index in [-0.39, 0.29) is 24.1 Å². The van der Waals surface area contributed by atoms with Gasteiger partial charge in [-0.25, -0.2) is 0 Å². The SMILES string of the molecule is CCn1c(CNC(=O)c2ccccc2Br)nnc1SCC(=O)Nc1ccccc1C. The van der Waals surface area contributed by atoms with Gasteiger partial charge in [-0.2, -0.15) is 0 Å². The Hall–Kier alpha value is -2.65. The molecule has 0 saturated carbocycles. The zero-order chi connectivity index (χ0) is 21.5. The summed E-state index contributed by atoms with van der Waals surface area (Å²) in [7, 11) is 0. The highest BCUT2D eigenvalue weighted by Crippen LogP contribution is 2.19. The smallest absolute Gasteiger partial charge is 0.252 e. The summed E-state index contributed by atoms with van der Waals surface area (Å²) >= 11 is 4.70. The van der Waals surface area contributed by atoms with E-state index in [0.717, 1.165) is 15.7 Å². The van der Waals surface area contributed by atoms with E-state index >= 15 is 0 Å². The number of rotatable bonds is 8. The van der Waals surface area contributed by atoms with Crippen LogP contribution in [0.2, 0.25) is 0 Å². The largest absolute Gasteiger partial charge is 0.345 e. The number of thioether (sulfide) groups is 1. The Morgan fingerprint density at radius 2 is 1.83 bits per heavy atom. The maximum absolute atomic E-state index is 12.4. The Morgan fingerprint density at radius 3 is 2.57 bits per heavy atom. The lowest BCUT2D eigenvalue weighted by Gasteiger charge is -2.10. The molecule has 0 unspecified atom stereocenters. The number of aryl methyl sites for hydroxylation is 1. The number of para-hydroxylation sites is 1. The lowest BCUT2D eigenvalue weighted by molar-refractivity contribution is -0.113. The second kappa shape index (κ2) is 10.4. The highest BCUT2D eigenvalue weighted by atomic mass is 79.9. The summed E-state index contributed by atoms with van der Waals surface area (Å²) in [6.45, 7) is 4.80. The highest BCUT2D eigenvalue weighted by molar-refractivity contribution is 9.10. The third kappa shape index (κ3) is 5.48. The Balaban J connectivity index is 1.58. The van der Waals surface area contributed by atoms with Gasteiger partial charge in [0.05, 0.1) is 17.9 Å². The monoisotopic (exact) mass is 487 g/mol. The second-order valence-corrected chi connectivity index (χ2v) is 8.25. The Kier molecular flexibility index (Phi) is 7.64. The maximum Gasteiger partial charge on any atom is 0.252 e. The number of carbonyl (C=O) groups is 2. The standard InChI is InChI=1S/C21H22BrN5O2S/c1-3-27-18(12-23-20(29)15-9-5-6-10-16(15)22)25-26-21(27)30-13-19(28)24-17-11-7-4-8-14(17)2/h4-11H,3,12-13H2,1-2H3,(H,23,29)(H,24,28). The van der Waals surface area contributed by atoms with Crippen molar-refractivity contribution in [2.24, 2.45) is 0 Å². The van der Waals surface area contributed by atoms with Gasteiger partial charge in [0.25, 0.3) is 5.91 Å². The van der Waals surface area contributed by atoms with Crippen molar-refractivity contribution in [2.75, 3.05) is 11.1 Å². The van der Waals surface area contributed by atoms with Crippen LogP contribution in [0.15, 0.2) is 58.2 Å². The minimum atomic E-state index is -0.195. The molecule has 0 spiro atoms. The van der Waals surface area contributed by atoms with Gasteiger partial charge in [-0.15, -0.1) is 10.2 Å². The number of anilines is 1. The molecule has 2 aromatic carbocycles. The topological polar surface area (TPSA) is 88.9 Å². The fraction of sp³-hybridized carbons (Fsp3) is 0.238. The van der Waals surface area contributed by atoms with E-state index in [0.29, 0.717) is 23.1 Å². The van der Waals surface area contributed by atoms with Gasteiger partial charge in [0.2, 0.25) is 5.91 Å². The van der Waals surface area contributed by atoms with Crippen LogP contribution in [-0.4, -0.2) is 32.3 Å². The summed E-state index contributed by atoms with van der Waals surface area (Å²) in [6.07, 6.45) is 0. The van der Waals surface area contributed by atoms with Gasteiger partial charge >= 0.3 is 0 Å². The molecule has 0 aliphatic rings. The zero-order valence-electron chi connectivity index (χ0n) is 16.7. The average Bonchev–Trinajstić information content (AvgIpc) is 3.14. The second-order valence-electron chi connectivity index (χ2n) is 6.46. The van der Waals surface area contributed by atoms with Gasteiger partial charge < -0.3 is 15.2 Å². The van der Waals surface area contributed by atoms with E-state index < -0.39 is 0 Å². The number of amides is 2. The summed E-state index contributed by atoms with van der Waals surface area (Å²) in [4.78, 5) is 24.7. The first kappa shape index (κ1) is 22.0. The highest BCUT2D eigenvalue weighted by Gasteiger charge is 2.15. The van der Waals surface area contributed by atoms with Crippen molar-refractivity contribution in [1.82, 2.24) is 20.1 Å². The molecule has 1 aromatic heterocycles. The minimum Gasteiger partial charge on any atom is -0.345 e. The van der Waals surface area contributed by atoms with E-state index in [1.54, 1.807) is 6.07 Å². The van der Waals surface area contributed by atoms with Gasteiger partial charge in [0.1, 0.15) is 0 Å². The molecular weight excluding hydrogens is 466 g/mol. The van der Waals surface area contributed by atoms with Crippen molar-refractivity contribution < 1.29 is 9.59 Å². The fourth-order valence-corrected chi connectivity index (χ4v) is 4.09. The average molecular weight is 488 g/mol. The van der Waals surface area contributed by atoms with Gasteiger partial charge in [0, 0.05) is 16.7 Å². The predicted molar refractivity (Wildman–Crippen MR) is 122 cm³/mol. The number of hydrogen-bond donors (Lipinski definition) is 2. The van der Waals surface area contributed by atoms with Crippen molar-refractivity contribution in [2.45, 2.75) is 32.1 Å². The molecule has 0 atom stereocenters. The molecule has 0 saturated heterocycles. The van der Waals surface area contributed by atoms with Crippen molar-refractivity contribution in [3.05, 3.63) is 70.0 Å². The number of aromatic nitrogens is 3. The van der Waals surface area contributed by atoms with Crippen LogP contribution in [0.5, 0.6) is 0 Å². The molecule has 0 aliphatic carbocycles. The fourth-order valence-electron chi connectivity index (χ4n) is 2.80. The predicted octanol–water partition coefficient (Wildman–Crippen LogP) is 4.03. The lowest BCUT2D eigenvalue weighted by Crippen LogP contribution is -2.25. The number of carbonyl (C=O) groups excluding carboxylic acids is 2. The molecule has 0 aliphatic heterocycles. The number of nitrogens with zero attached hydrogens (tertiary/aromatic N) is 3. The third-order valence-electron chi connectivity index (χ3n) is 4.39. The van der Waals surface area contributed by atoms with E-state index in [4.69, 9.17) is 0 Å². The summed E-state index contributed by atoms with van der Waals surface area (Å²) in [6, 6.07) is 14.9. The van der Waals surface area contributed by atoms with Crippen LogP contribution >= 0.6 is 27.7 Å². The van der Waals surface area contributed by atoms with Gasteiger partial charge in [-0.1, -0.05) is 42.1 Å². The van der Waals surface area contributed by atoms with Crippen molar-refractivity contribution in [1.29, 1.82) is 0 Å². The number of nitrogens with one attached hydrogen (secondary N) is 2. The van der Waals surface area contributed by atoms with Gasteiger partial charge in [-0.3, -0.25) is 9.59 Å². The molecule has 2 amide bonds. The minimum absolute atomic E-state index is 0.108. The van der Waals surface area contributed by atoms with Crippen molar-refractivity contribution >= 4 is 45.2 Å². The molecule has 156 valence electrons. The van der Waals surface area contributed by atoms with Crippen LogP contribution < -0.4 is 10.6 Å². The van der Waals surface area contributed by atoms with Crippen LogP contribution in [0.4, 0.5) is 5.69 Å². The molecule has 9 heteroatoms. The quantitative estimate of drug-likeness (QED) is 0.468. The summed E-state index contributed by atoms with van der Waals surface area (Å²) in [5.41, 5.74) is 2.37. The Bertz CT molecular complexity index is 1050. The van der Waals surface area contributed by atoms with E-state index in [1.165, 1.54) is 11.8 Å². The van der Waals surface area contributed by atoms with Crippen molar-refractivity contribution in [3.63, 3.8) is 0 Å². The zero-order valence-corrected chi connectivity index (χ0v) is 19.1. The normalized spacial score (nSPS) is 10.6. The lowest BCUT2D eigenvalue weighted by atomic mass is 10.2. The van der Waals surface area contributed by atoms with Crippen LogP contribution in [0.25, 0.3) is 0 Å². The van der Waals surface area contributed by atoms with E-state index in [9.17, 15) is 9.59 Å². The van der Waals surface area contributed by atoms with Gasteiger partial charge in [0.15, 0.2) is 11.0 Å². The molecule has 7 nitrogen and oxygen atoms in total. The van der Waals surface area contributed by atoms with Crippen LogP contribution in [0.3, 0.4) is 0 Å². The number of benzene rings is 2. The Morgan fingerprint density at radius 1 is 1.10 bits per heavy atom. The first-order valence-electron chi connectivity index (χ1n) is 9.42. The molecule has 1 heterocycles. The Labute approximate surface area is 187 Å². The number of halogens is 1. The van der Waals surface area contributed by atoms with E-state index in [1.807, 2.05) is 60.9 Å². The molecule has 0 bridgehead atoms.